The third-order valence-corrected chi connectivity index (χ3v) is 3.83. The molecule has 0 saturated carbocycles. The molecule has 0 radical (unpaired) electrons. The summed E-state index contributed by atoms with van der Waals surface area (Å²) in [7, 11) is 0. The van der Waals surface area contributed by atoms with Crippen molar-refractivity contribution < 1.29 is 13.2 Å². The van der Waals surface area contributed by atoms with Crippen molar-refractivity contribution in [2.45, 2.75) is 13.0 Å². The van der Waals surface area contributed by atoms with Gasteiger partial charge in [-0.2, -0.15) is 0 Å². The van der Waals surface area contributed by atoms with Gasteiger partial charge in [0.25, 0.3) is 0 Å². The van der Waals surface area contributed by atoms with Crippen molar-refractivity contribution in [1.82, 2.24) is 0 Å². The van der Waals surface area contributed by atoms with Gasteiger partial charge in [-0.1, -0.05) is 34.1 Å². The molecule has 0 saturated heterocycles. The van der Waals surface area contributed by atoms with Crippen LogP contribution in [0.3, 0.4) is 0 Å². The lowest BCUT2D eigenvalue weighted by Gasteiger charge is -2.15. The standard InChI is InChI=1S/C14H11BrF3N/c1-7-6-8(2-4-10(7)15)14(19)9-3-5-11(16)13(18)12(9)17/h2-6,14H,19H2,1H3. The Balaban J connectivity index is 2.47. The van der Waals surface area contributed by atoms with Gasteiger partial charge in [0.15, 0.2) is 17.5 Å². The van der Waals surface area contributed by atoms with Gasteiger partial charge in [-0.25, -0.2) is 13.2 Å². The highest BCUT2D eigenvalue weighted by Crippen LogP contribution is 2.27. The van der Waals surface area contributed by atoms with Gasteiger partial charge < -0.3 is 5.73 Å². The van der Waals surface area contributed by atoms with Crippen molar-refractivity contribution in [3.63, 3.8) is 0 Å². The summed E-state index contributed by atoms with van der Waals surface area (Å²) in [4.78, 5) is 0. The molecule has 1 nitrogen and oxygen atoms in total. The van der Waals surface area contributed by atoms with Crippen LogP contribution in [0.4, 0.5) is 13.2 Å². The molecule has 0 bridgehead atoms. The zero-order valence-corrected chi connectivity index (χ0v) is 11.6. The van der Waals surface area contributed by atoms with Gasteiger partial charge in [0.2, 0.25) is 0 Å². The molecule has 2 aromatic carbocycles. The minimum absolute atomic E-state index is 0.0689. The lowest BCUT2D eigenvalue weighted by atomic mass is 9.97. The van der Waals surface area contributed by atoms with Crippen LogP contribution in [0, 0.1) is 24.4 Å². The fourth-order valence-corrected chi connectivity index (χ4v) is 2.07. The van der Waals surface area contributed by atoms with E-state index in [-0.39, 0.29) is 5.56 Å². The molecule has 5 heteroatoms. The first-order valence-electron chi connectivity index (χ1n) is 5.57. The Morgan fingerprint density at radius 1 is 1.05 bits per heavy atom. The second-order valence-electron chi connectivity index (χ2n) is 4.25. The molecule has 100 valence electrons. The van der Waals surface area contributed by atoms with E-state index in [1.54, 1.807) is 18.2 Å². The molecule has 0 spiro atoms. The van der Waals surface area contributed by atoms with E-state index in [0.29, 0.717) is 5.56 Å². The number of hydrogen-bond acceptors (Lipinski definition) is 1. The van der Waals surface area contributed by atoms with Crippen LogP contribution in [0.5, 0.6) is 0 Å². The molecule has 2 N–H and O–H groups in total. The van der Waals surface area contributed by atoms with E-state index >= 15 is 0 Å². The monoisotopic (exact) mass is 329 g/mol. The Morgan fingerprint density at radius 3 is 2.37 bits per heavy atom. The van der Waals surface area contributed by atoms with E-state index in [2.05, 4.69) is 15.9 Å². The van der Waals surface area contributed by atoms with Crippen molar-refractivity contribution in [3.8, 4) is 0 Å². The summed E-state index contributed by atoms with van der Waals surface area (Å²) in [5.41, 5.74) is 7.40. The van der Waals surface area contributed by atoms with E-state index in [1.807, 2.05) is 6.92 Å². The summed E-state index contributed by atoms with van der Waals surface area (Å²) in [6, 6.07) is 6.46. The van der Waals surface area contributed by atoms with E-state index in [4.69, 9.17) is 5.73 Å². The van der Waals surface area contributed by atoms with Gasteiger partial charge in [-0.05, 0) is 30.2 Å². The molecule has 0 fully saturated rings. The second kappa shape index (κ2) is 5.35. The zero-order chi connectivity index (χ0) is 14.2. The quantitative estimate of drug-likeness (QED) is 0.820. The molecule has 0 aliphatic heterocycles. The summed E-state index contributed by atoms with van der Waals surface area (Å²) in [5, 5.41) is 0. The first-order valence-corrected chi connectivity index (χ1v) is 6.36. The first-order chi connectivity index (χ1) is 8.91. The Bertz CT molecular complexity index is 628. The fourth-order valence-electron chi connectivity index (χ4n) is 1.82. The lowest BCUT2D eigenvalue weighted by molar-refractivity contribution is 0.438. The predicted molar refractivity (Wildman–Crippen MR) is 71.2 cm³/mol. The normalized spacial score (nSPS) is 12.5. The predicted octanol–water partition coefficient (Wildman–Crippen LogP) is 4.22. The van der Waals surface area contributed by atoms with Crippen LogP contribution in [0.1, 0.15) is 22.7 Å². The summed E-state index contributed by atoms with van der Waals surface area (Å²) in [6.45, 7) is 1.86. The molecule has 2 aromatic rings. The Labute approximate surface area is 117 Å². The van der Waals surface area contributed by atoms with E-state index in [1.165, 1.54) is 0 Å². The number of hydrogen-bond donors (Lipinski definition) is 1. The maximum atomic E-state index is 13.7. The highest BCUT2D eigenvalue weighted by Gasteiger charge is 2.19. The maximum absolute atomic E-state index is 13.7. The van der Waals surface area contributed by atoms with Crippen molar-refractivity contribution >= 4 is 15.9 Å². The molecule has 2 rings (SSSR count). The van der Waals surface area contributed by atoms with Crippen LogP contribution in [0.2, 0.25) is 0 Å². The van der Waals surface area contributed by atoms with Crippen LogP contribution in [-0.4, -0.2) is 0 Å². The molecular weight excluding hydrogens is 319 g/mol. The third-order valence-electron chi connectivity index (χ3n) is 2.94. The number of benzene rings is 2. The van der Waals surface area contributed by atoms with Crippen LogP contribution in [0.15, 0.2) is 34.8 Å². The van der Waals surface area contributed by atoms with Crippen LogP contribution >= 0.6 is 15.9 Å². The van der Waals surface area contributed by atoms with Crippen LogP contribution in [-0.2, 0) is 0 Å². The summed E-state index contributed by atoms with van der Waals surface area (Å²) in [5.74, 6) is -3.96. The van der Waals surface area contributed by atoms with Gasteiger partial charge in [0, 0.05) is 10.0 Å². The van der Waals surface area contributed by atoms with Gasteiger partial charge in [0.1, 0.15) is 0 Å². The summed E-state index contributed by atoms with van der Waals surface area (Å²) < 4.78 is 40.6. The summed E-state index contributed by atoms with van der Waals surface area (Å²) in [6.07, 6.45) is 0. The SMILES string of the molecule is Cc1cc(C(N)c2ccc(F)c(F)c2F)ccc1Br. The molecule has 0 amide bonds. The van der Waals surface area contributed by atoms with Crippen molar-refractivity contribution in [2.24, 2.45) is 5.73 Å². The molecule has 0 heterocycles. The highest BCUT2D eigenvalue weighted by molar-refractivity contribution is 9.10. The Hall–Kier alpha value is -1.33. The molecule has 1 unspecified atom stereocenters. The van der Waals surface area contributed by atoms with E-state index in [9.17, 15) is 13.2 Å². The molecule has 0 aliphatic carbocycles. The number of rotatable bonds is 2. The fraction of sp³-hybridized carbons (Fsp3) is 0.143. The van der Waals surface area contributed by atoms with Gasteiger partial charge >= 0.3 is 0 Å². The average Bonchev–Trinajstić information content (AvgIpc) is 2.39. The minimum atomic E-state index is -1.50. The van der Waals surface area contributed by atoms with Crippen LogP contribution in [0.25, 0.3) is 0 Å². The molecule has 0 aromatic heterocycles. The zero-order valence-electron chi connectivity index (χ0n) is 10.1. The number of aryl methyl sites for hydroxylation is 1. The van der Waals surface area contributed by atoms with E-state index < -0.39 is 23.5 Å². The van der Waals surface area contributed by atoms with E-state index in [0.717, 1.165) is 22.2 Å². The summed E-state index contributed by atoms with van der Waals surface area (Å²) >= 11 is 3.35. The first kappa shape index (κ1) is 14.1. The van der Waals surface area contributed by atoms with Crippen molar-refractivity contribution in [1.29, 1.82) is 0 Å². The number of halogens is 4. The average molecular weight is 330 g/mol. The minimum Gasteiger partial charge on any atom is -0.320 e. The smallest absolute Gasteiger partial charge is 0.194 e. The topological polar surface area (TPSA) is 26.0 Å². The van der Waals surface area contributed by atoms with Gasteiger partial charge in [-0.15, -0.1) is 0 Å². The Morgan fingerprint density at radius 2 is 1.74 bits per heavy atom. The second-order valence-corrected chi connectivity index (χ2v) is 5.11. The van der Waals surface area contributed by atoms with Gasteiger partial charge in [0.05, 0.1) is 6.04 Å². The number of nitrogens with two attached hydrogens (primary N) is 1. The highest BCUT2D eigenvalue weighted by atomic mass is 79.9. The van der Waals surface area contributed by atoms with Crippen molar-refractivity contribution in [2.75, 3.05) is 0 Å². The molecular formula is C14H11BrF3N. The molecule has 0 aliphatic rings. The van der Waals surface area contributed by atoms with Gasteiger partial charge in [-0.3, -0.25) is 0 Å². The molecule has 1 atom stereocenters. The van der Waals surface area contributed by atoms with Crippen molar-refractivity contribution in [3.05, 3.63) is 68.9 Å². The molecule has 19 heavy (non-hydrogen) atoms. The lowest BCUT2D eigenvalue weighted by Crippen LogP contribution is -2.15. The largest absolute Gasteiger partial charge is 0.320 e. The van der Waals surface area contributed by atoms with Crippen LogP contribution < -0.4 is 5.73 Å². The maximum Gasteiger partial charge on any atom is 0.194 e. The Kier molecular flexibility index (Phi) is 3.96. The third kappa shape index (κ3) is 2.67.